The molecule has 1 amide bonds. The van der Waals surface area contributed by atoms with Gasteiger partial charge in [0.05, 0.1) is 12.1 Å². The van der Waals surface area contributed by atoms with Crippen LogP contribution >= 0.6 is 0 Å². The minimum atomic E-state index is -1.02. The van der Waals surface area contributed by atoms with E-state index in [4.69, 9.17) is 5.73 Å². The molecule has 2 aliphatic rings. The molecule has 0 aromatic carbocycles. The molecule has 0 aromatic rings. The number of aliphatic hydroxyl groups is 2. The lowest BCUT2D eigenvalue weighted by atomic mass is 10.0. The zero-order valence-corrected chi connectivity index (χ0v) is 9.29. The van der Waals surface area contributed by atoms with Gasteiger partial charge in [-0.1, -0.05) is 0 Å². The SMILES string of the molecule is CC(O)C(O)C1CNC2N=C(N)NC(=O)C2=N1. The molecule has 2 heterocycles. The van der Waals surface area contributed by atoms with Crippen LogP contribution in [0.3, 0.4) is 0 Å². The number of hydrogen-bond donors (Lipinski definition) is 5. The Kier molecular flexibility index (Phi) is 3.09. The molecular formula is C9H15N5O3. The van der Waals surface area contributed by atoms with E-state index in [0.717, 1.165) is 0 Å². The van der Waals surface area contributed by atoms with Crippen LogP contribution in [0.2, 0.25) is 0 Å². The monoisotopic (exact) mass is 241 g/mol. The van der Waals surface area contributed by atoms with Gasteiger partial charge in [-0.2, -0.15) is 0 Å². The van der Waals surface area contributed by atoms with Crippen molar-refractivity contribution in [3.05, 3.63) is 0 Å². The Morgan fingerprint density at radius 1 is 1.47 bits per heavy atom. The first-order valence-corrected chi connectivity index (χ1v) is 5.31. The van der Waals surface area contributed by atoms with Gasteiger partial charge in [0.25, 0.3) is 5.91 Å². The Morgan fingerprint density at radius 2 is 2.18 bits per heavy atom. The van der Waals surface area contributed by atoms with Gasteiger partial charge in [0, 0.05) is 6.54 Å². The normalized spacial score (nSPS) is 31.8. The van der Waals surface area contributed by atoms with Crippen molar-refractivity contribution in [2.75, 3.05) is 6.54 Å². The van der Waals surface area contributed by atoms with Crippen molar-refractivity contribution >= 4 is 17.6 Å². The number of guanidine groups is 1. The van der Waals surface area contributed by atoms with Crippen LogP contribution in [0.1, 0.15) is 6.92 Å². The summed E-state index contributed by atoms with van der Waals surface area (Å²) >= 11 is 0. The van der Waals surface area contributed by atoms with Crippen LogP contribution in [0.4, 0.5) is 0 Å². The number of hydrogen-bond acceptors (Lipinski definition) is 7. The molecule has 4 atom stereocenters. The summed E-state index contributed by atoms with van der Waals surface area (Å²) < 4.78 is 0. The molecule has 8 nitrogen and oxygen atoms in total. The number of carbonyl (C=O) groups excluding carboxylic acids is 1. The molecule has 8 heteroatoms. The van der Waals surface area contributed by atoms with Crippen molar-refractivity contribution in [1.82, 2.24) is 10.6 Å². The Bertz CT molecular complexity index is 392. The highest BCUT2D eigenvalue weighted by Crippen LogP contribution is 2.12. The number of nitrogens with two attached hydrogens (primary N) is 1. The zero-order chi connectivity index (χ0) is 12.6. The highest BCUT2D eigenvalue weighted by Gasteiger charge is 2.35. The maximum Gasteiger partial charge on any atom is 0.275 e. The summed E-state index contributed by atoms with van der Waals surface area (Å²) in [4.78, 5) is 19.7. The standard InChI is InChI=1S/C9H15N5O3/c1-3(15)6(16)4-2-11-7-5(12-4)8(17)14-9(10)13-7/h3-4,6-7,11,15-16H,2H2,1H3,(H3,10,13,14,17). The number of carbonyl (C=O) groups is 1. The molecule has 94 valence electrons. The quantitative estimate of drug-likeness (QED) is 0.349. The summed E-state index contributed by atoms with van der Waals surface area (Å²) in [6.07, 6.45) is -2.50. The smallest absolute Gasteiger partial charge is 0.275 e. The largest absolute Gasteiger partial charge is 0.391 e. The first-order valence-electron chi connectivity index (χ1n) is 5.31. The fourth-order valence-corrected chi connectivity index (χ4v) is 1.78. The molecule has 2 rings (SSSR count). The van der Waals surface area contributed by atoms with Crippen LogP contribution in [0.15, 0.2) is 9.98 Å². The van der Waals surface area contributed by atoms with Gasteiger partial charge < -0.3 is 15.9 Å². The minimum absolute atomic E-state index is 0.0426. The number of aliphatic hydroxyl groups excluding tert-OH is 2. The molecule has 0 saturated heterocycles. The van der Waals surface area contributed by atoms with Gasteiger partial charge in [-0.3, -0.25) is 20.4 Å². The van der Waals surface area contributed by atoms with Crippen molar-refractivity contribution in [3.63, 3.8) is 0 Å². The first kappa shape index (κ1) is 12.0. The van der Waals surface area contributed by atoms with E-state index in [1.54, 1.807) is 0 Å². The molecule has 0 radical (unpaired) electrons. The topological polar surface area (TPSA) is 132 Å². The van der Waals surface area contributed by atoms with Crippen molar-refractivity contribution < 1.29 is 15.0 Å². The van der Waals surface area contributed by atoms with E-state index in [9.17, 15) is 15.0 Å². The van der Waals surface area contributed by atoms with Crippen LogP contribution < -0.4 is 16.4 Å². The third-order valence-corrected chi connectivity index (χ3v) is 2.72. The van der Waals surface area contributed by atoms with Crippen LogP contribution in [0.25, 0.3) is 0 Å². The van der Waals surface area contributed by atoms with E-state index in [2.05, 4.69) is 20.6 Å². The van der Waals surface area contributed by atoms with Gasteiger partial charge in [-0.25, -0.2) is 4.99 Å². The van der Waals surface area contributed by atoms with Crippen LogP contribution in [0.5, 0.6) is 0 Å². The van der Waals surface area contributed by atoms with Crippen LogP contribution in [0, 0.1) is 0 Å². The van der Waals surface area contributed by atoms with Crippen molar-refractivity contribution in [3.8, 4) is 0 Å². The molecule has 0 fully saturated rings. The van der Waals surface area contributed by atoms with Gasteiger partial charge in [0.1, 0.15) is 11.8 Å². The number of nitrogens with zero attached hydrogens (tertiary/aromatic N) is 2. The maximum atomic E-state index is 11.6. The number of fused-ring (bicyclic) bond motifs is 1. The second-order valence-corrected chi connectivity index (χ2v) is 4.09. The van der Waals surface area contributed by atoms with Crippen molar-refractivity contribution in [1.29, 1.82) is 0 Å². The molecule has 0 saturated carbocycles. The Hall–Kier alpha value is -1.51. The lowest BCUT2D eigenvalue weighted by Gasteiger charge is -2.31. The third-order valence-electron chi connectivity index (χ3n) is 2.72. The molecule has 6 N–H and O–H groups in total. The summed E-state index contributed by atoms with van der Waals surface area (Å²) in [6.45, 7) is 1.79. The zero-order valence-electron chi connectivity index (χ0n) is 9.29. The minimum Gasteiger partial charge on any atom is -0.391 e. The predicted molar refractivity (Wildman–Crippen MR) is 60.5 cm³/mol. The predicted octanol–water partition coefficient (Wildman–Crippen LogP) is -3.09. The fraction of sp³-hybridized carbons (Fsp3) is 0.667. The molecular weight excluding hydrogens is 226 g/mol. The lowest BCUT2D eigenvalue weighted by Crippen LogP contribution is -2.59. The maximum absolute atomic E-state index is 11.6. The second-order valence-electron chi connectivity index (χ2n) is 4.09. The van der Waals surface area contributed by atoms with E-state index in [-0.39, 0.29) is 11.7 Å². The summed E-state index contributed by atoms with van der Waals surface area (Å²) in [7, 11) is 0. The molecule has 0 bridgehead atoms. The average molecular weight is 241 g/mol. The van der Waals surface area contributed by atoms with E-state index in [0.29, 0.717) is 6.54 Å². The van der Waals surface area contributed by atoms with Crippen molar-refractivity contribution in [2.24, 2.45) is 15.7 Å². The summed E-state index contributed by atoms with van der Waals surface area (Å²) in [5, 5.41) is 24.3. The Labute approximate surface area is 97.6 Å². The van der Waals surface area contributed by atoms with Gasteiger partial charge >= 0.3 is 0 Å². The molecule has 4 unspecified atom stereocenters. The average Bonchev–Trinajstić information content (AvgIpc) is 2.27. The van der Waals surface area contributed by atoms with Gasteiger partial charge in [0.2, 0.25) is 0 Å². The number of amides is 1. The van der Waals surface area contributed by atoms with Gasteiger partial charge in [0.15, 0.2) is 12.1 Å². The highest BCUT2D eigenvalue weighted by molar-refractivity contribution is 6.44. The van der Waals surface area contributed by atoms with Gasteiger partial charge in [-0.05, 0) is 6.92 Å². The number of rotatable bonds is 2. The first-order chi connectivity index (χ1) is 7.99. The fourth-order valence-electron chi connectivity index (χ4n) is 1.78. The highest BCUT2D eigenvalue weighted by atomic mass is 16.3. The molecule has 17 heavy (non-hydrogen) atoms. The Balaban J connectivity index is 2.22. The van der Waals surface area contributed by atoms with E-state index >= 15 is 0 Å². The van der Waals surface area contributed by atoms with Gasteiger partial charge in [-0.15, -0.1) is 0 Å². The third kappa shape index (κ3) is 2.28. The van der Waals surface area contributed by atoms with E-state index in [1.807, 2.05) is 0 Å². The number of nitrogens with one attached hydrogen (secondary N) is 2. The van der Waals surface area contributed by atoms with Crippen molar-refractivity contribution in [2.45, 2.75) is 31.3 Å². The molecule has 2 aliphatic heterocycles. The second kappa shape index (κ2) is 4.40. The molecule has 0 aromatic heterocycles. The Morgan fingerprint density at radius 3 is 2.82 bits per heavy atom. The molecule has 0 aliphatic carbocycles. The van der Waals surface area contributed by atoms with Crippen LogP contribution in [-0.2, 0) is 4.79 Å². The lowest BCUT2D eigenvalue weighted by molar-refractivity contribution is -0.114. The summed E-state index contributed by atoms with van der Waals surface area (Å²) in [6, 6.07) is -0.568. The summed E-state index contributed by atoms with van der Waals surface area (Å²) in [5.74, 6) is -0.390. The van der Waals surface area contributed by atoms with Crippen LogP contribution in [-0.4, -0.2) is 58.8 Å². The van der Waals surface area contributed by atoms with E-state index in [1.165, 1.54) is 6.92 Å². The summed E-state index contributed by atoms with van der Waals surface area (Å²) in [5.41, 5.74) is 5.58. The molecule has 0 spiro atoms. The van der Waals surface area contributed by atoms with E-state index < -0.39 is 30.3 Å². The number of aliphatic imine (C=N–C) groups is 2.